The maximum absolute atomic E-state index is 6.50. The second-order valence-corrected chi connectivity index (χ2v) is 7.12. The molecule has 0 aliphatic heterocycles. The molecule has 0 aromatic carbocycles. The van der Waals surface area contributed by atoms with Gasteiger partial charge < -0.3 is 5.32 Å². The molecule has 1 aromatic heterocycles. The maximum atomic E-state index is 6.50. The third kappa shape index (κ3) is 3.37. The van der Waals surface area contributed by atoms with Crippen molar-refractivity contribution >= 4 is 11.6 Å². The second-order valence-electron chi connectivity index (χ2n) is 6.74. The lowest BCUT2D eigenvalue weighted by Gasteiger charge is -2.42. The van der Waals surface area contributed by atoms with Gasteiger partial charge in [0.05, 0.1) is 16.4 Å². The zero-order valence-electron chi connectivity index (χ0n) is 13.3. The minimum atomic E-state index is 0.400. The fourth-order valence-electron chi connectivity index (χ4n) is 3.09. The summed E-state index contributed by atoms with van der Waals surface area (Å²) >= 11 is 6.50. The smallest absolute Gasteiger partial charge is 0.0849 e. The summed E-state index contributed by atoms with van der Waals surface area (Å²) in [4.78, 5) is 0. The van der Waals surface area contributed by atoms with E-state index in [1.807, 2.05) is 11.7 Å². The van der Waals surface area contributed by atoms with Gasteiger partial charge in [-0.3, -0.25) is 4.68 Å². The van der Waals surface area contributed by atoms with Crippen molar-refractivity contribution in [3.8, 4) is 0 Å². The zero-order valence-corrected chi connectivity index (χ0v) is 14.1. The Bertz CT molecular complexity index is 447. The van der Waals surface area contributed by atoms with E-state index in [9.17, 15) is 0 Å². The lowest BCUT2D eigenvalue weighted by atomic mass is 9.66. The Morgan fingerprint density at radius 1 is 1.40 bits per heavy atom. The highest BCUT2D eigenvalue weighted by atomic mass is 35.5. The highest BCUT2D eigenvalue weighted by molar-refractivity contribution is 6.31. The van der Waals surface area contributed by atoms with Gasteiger partial charge >= 0.3 is 0 Å². The lowest BCUT2D eigenvalue weighted by Crippen LogP contribution is -2.43. The van der Waals surface area contributed by atoms with E-state index in [1.165, 1.54) is 25.0 Å². The van der Waals surface area contributed by atoms with Crippen LogP contribution in [0.25, 0.3) is 0 Å². The van der Waals surface area contributed by atoms with E-state index in [0.717, 1.165) is 36.6 Å². The zero-order chi connectivity index (χ0) is 14.8. The molecule has 0 atom stereocenters. The molecule has 0 bridgehead atoms. The van der Waals surface area contributed by atoms with Crippen LogP contribution < -0.4 is 5.32 Å². The molecule has 1 aliphatic carbocycles. The minimum absolute atomic E-state index is 0.400. The fourth-order valence-corrected chi connectivity index (χ4v) is 3.45. The van der Waals surface area contributed by atoms with E-state index < -0.39 is 0 Å². The van der Waals surface area contributed by atoms with Gasteiger partial charge in [-0.15, -0.1) is 0 Å². The highest BCUT2D eigenvalue weighted by Crippen LogP contribution is 2.44. The van der Waals surface area contributed by atoms with Gasteiger partial charge in [-0.1, -0.05) is 38.8 Å². The van der Waals surface area contributed by atoms with Gasteiger partial charge in [0.15, 0.2) is 0 Å². The average Bonchev–Trinajstić information content (AvgIpc) is 2.62. The number of hydrogen-bond acceptors (Lipinski definition) is 2. The largest absolute Gasteiger partial charge is 0.316 e. The van der Waals surface area contributed by atoms with Crippen molar-refractivity contribution in [2.45, 2.75) is 52.9 Å². The molecule has 1 heterocycles. The third-order valence-corrected chi connectivity index (χ3v) is 4.95. The topological polar surface area (TPSA) is 29.9 Å². The molecular weight excluding hydrogens is 270 g/mol. The molecule has 0 spiro atoms. The highest BCUT2D eigenvalue weighted by Gasteiger charge is 2.38. The first kappa shape index (κ1) is 15.8. The molecule has 1 saturated carbocycles. The molecule has 114 valence electrons. The Morgan fingerprint density at radius 2 is 2.10 bits per heavy atom. The SMILES string of the molecule is CCc1nn(C)c(CC2(CNCC(C)C)CCC2)c1Cl. The lowest BCUT2D eigenvalue weighted by molar-refractivity contribution is 0.126. The van der Waals surface area contributed by atoms with Crippen LogP contribution in [0.2, 0.25) is 5.02 Å². The summed E-state index contributed by atoms with van der Waals surface area (Å²) in [6.07, 6.45) is 5.92. The Kier molecular flexibility index (Phi) is 5.14. The number of nitrogens with one attached hydrogen (secondary N) is 1. The van der Waals surface area contributed by atoms with Gasteiger partial charge in [0, 0.05) is 13.6 Å². The van der Waals surface area contributed by atoms with Crippen molar-refractivity contribution in [1.29, 1.82) is 0 Å². The van der Waals surface area contributed by atoms with Crippen molar-refractivity contribution in [3.05, 3.63) is 16.4 Å². The number of rotatable bonds is 7. The normalized spacial score (nSPS) is 17.5. The van der Waals surface area contributed by atoms with Gasteiger partial charge in [-0.05, 0) is 43.6 Å². The van der Waals surface area contributed by atoms with Crippen molar-refractivity contribution in [2.24, 2.45) is 18.4 Å². The first-order chi connectivity index (χ1) is 9.47. The van der Waals surface area contributed by atoms with Crippen LogP contribution in [0.1, 0.15) is 51.4 Å². The van der Waals surface area contributed by atoms with Crippen molar-refractivity contribution in [3.63, 3.8) is 0 Å². The second kappa shape index (κ2) is 6.48. The number of aromatic nitrogens is 2. The molecule has 1 aromatic rings. The Labute approximate surface area is 128 Å². The summed E-state index contributed by atoms with van der Waals surface area (Å²) in [7, 11) is 2.02. The molecule has 1 aliphatic rings. The number of halogens is 1. The van der Waals surface area contributed by atoms with Crippen molar-refractivity contribution < 1.29 is 0 Å². The molecule has 0 unspecified atom stereocenters. The van der Waals surface area contributed by atoms with Gasteiger partial charge in [0.1, 0.15) is 0 Å². The summed E-state index contributed by atoms with van der Waals surface area (Å²) < 4.78 is 1.99. The van der Waals surface area contributed by atoms with E-state index >= 15 is 0 Å². The quantitative estimate of drug-likeness (QED) is 0.833. The Hall–Kier alpha value is -0.540. The molecule has 1 fully saturated rings. The average molecular weight is 298 g/mol. The van der Waals surface area contributed by atoms with Gasteiger partial charge in [-0.2, -0.15) is 5.10 Å². The fraction of sp³-hybridized carbons (Fsp3) is 0.812. The summed E-state index contributed by atoms with van der Waals surface area (Å²) in [6, 6.07) is 0. The first-order valence-electron chi connectivity index (χ1n) is 7.88. The summed E-state index contributed by atoms with van der Waals surface area (Å²) in [5, 5.41) is 9.07. The van der Waals surface area contributed by atoms with E-state index in [-0.39, 0.29) is 0 Å². The first-order valence-corrected chi connectivity index (χ1v) is 8.26. The van der Waals surface area contributed by atoms with Crippen LogP contribution in [-0.2, 0) is 19.9 Å². The van der Waals surface area contributed by atoms with Crippen LogP contribution in [0.4, 0.5) is 0 Å². The minimum Gasteiger partial charge on any atom is -0.316 e. The third-order valence-electron chi connectivity index (χ3n) is 4.51. The predicted molar refractivity (Wildman–Crippen MR) is 85.3 cm³/mol. The van der Waals surface area contributed by atoms with Crippen LogP contribution in [0.5, 0.6) is 0 Å². The standard InChI is InChI=1S/C16H28ClN3/c1-5-13-15(17)14(20(4)19-13)9-16(7-6-8-16)11-18-10-12(2)3/h12,18H,5-11H2,1-4H3. The van der Waals surface area contributed by atoms with Crippen LogP contribution in [0, 0.1) is 11.3 Å². The van der Waals surface area contributed by atoms with E-state index in [1.54, 1.807) is 0 Å². The van der Waals surface area contributed by atoms with Crippen molar-refractivity contribution in [1.82, 2.24) is 15.1 Å². The number of aryl methyl sites for hydroxylation is 2. The Morgan fingerprint density at radius 3 is 2.55 bits per heavy atom. The molecule has 4 heteroatoms. The molecule has 0 radical (unpaired) electrons. The molecular formula is C16H28ClN3. The van der Waals surface area contributed by atoms with Crippen LogP contribution >= 0.6 is 11.6 Å². The van der Waals surface area contributed by atoms with Gasteiger partial charge in [0.25, 0.3) is 0 Å². The van der Waals surface area contributed by atoms with Gasteiger partial charge in [0.2, 0.25) is 0 Å². The molecule has 0 amide bonds. The monoisotopic (exact) mass is 297 g/mol. The number of hydrogen-bond donors (Lipinski definition) is 1. The predicted octanol–water partition coefficient (Wildman–Crippen LogP) is 3.59. The van der Waals surface area contributed by atoms with Gasteiger partial charge in [-0.25, -0.2) is 0 Å². The van der Waals surface area contributed by atoms with Crippen LogP contribution in [0.15, 0.2) is 0 Å². The Balaban J connectivity index is 2.04. The van der Waals surface area contributed by atoms with Crippen molar-refractivity contribution in [2.75, 3.05) is 13.1 Å². The summed E-state index contributed by atoms with van der Waals surface area (Å²) in [5.74, 6) is 0.708. The molecule has 2 rings (SSSR count). The van der Waals surface area contributed by atoms with Crippen LogP contribution in [0.3, 0.4) is 0 Å². The molecule has 3 nitrogen and oxygen atoms in total. The molecule has 0 saturated heterocycles. The maximum Gasteiger partial charge on any atom is 0.0849 e. The summed E-state index contributed by atoms with van der Waals surface area (Å²) in [5.41, 5.74) is 2.65. The number of nitrogens with zero attached hydrogens (tertiary/aromatic N) is 2. The molecule has 1 N–H and O–H groups in total. The van der Waals surface area contributed by atoms with Crippen LogP contribution in [-0.4, -0.2) is 22.9 Å². The van der Waals surface area contributed by atoms with E-state index in [2.05, 4.69) is 31.2 Å². The van der Waals surface area contributed by atoms with E-state index in [0.29, 0.717) is 11.3 Å². The summed E-state index contributed by atoms with van der Waals surface area (Å²) in [6.45, 7) is 8.83. The molecule has 20 heavy (non-hydrogen) atoms. The van der Waals surface area contributed by atoms with E-state index in [4.69, 9.17) is 11.6 Å².